The van der Waals surface area contributed by atoms with E-state index in [9.17, 15) is 14.7 Å². The molecule has 0 unspecified atom stereocenters. The van der Waals surface area contributed by atoms with Gasteiger partial charge >= 0.3 is 0 Å². The van der Waals surface area contributed by atoms with Crippen molar-refractivity contribution in [2.75, 3.05) is 5.32 Å². The number of nitrogens with zero attached hydrogens (tertiary/aromatic N) is 2. The fourth-order valence-electron chi connectivity index (χ4n) is 3.94. The molecule has 0 spiro atoms. The van der Waals surface area contributed by atoms with Crippen LogP contribution in [0.15, 0.2) is 72.9 Å². The van der Waals surface area contributed by atoms with Gasteiger partial charge in [0.25, 0.3) is 11.8 Å². The number of aromatic hydroxyl groups is 1. The first kappa shape index (κ1) is 21.2. The number of thiophene rings is 1. The summed E-state index contributed by atoms with van der Waals surface area (Å²) in [4.78, 5) is 31.9. The number of amides is 2. The Morgan fingerprint density at radius 1 is 1.09 bits per heavy atom. The maximum Gasteiger partial charge on any atom is 0.265 e. The van der Waals surface area contributed by atoms with E-state index in [0.29, 0.717) is 39.1 Å². The molecule has 0 saturated carbocycles. The summed E-state index contributed by atoms with van der Waals surface area (Å²) in [5.74, 6) is -0.378. The lowest BCUT2D eigenvalue weighted by molar-refractivity contribution is 0.0766. The lowest BCUT2D eigenvalue weighted by Crippen LogP contribution is -2.23. The van der Waals surface area contributed by atoms with E-state index in [1.165, 1.54) is 17.5 Å². The van der Waals surface area contributed by atoms with Crippen LogP contribution in [0.1, 0.15) is 31.2 Å². The van der Waals surface area contributed by atoms with E-state index in [1.54, 1.807) is 47.4 Å². The second-order valence-corrected chi connectivity index (χ2v) is 9.34. The highest BCUT2D eigenvalue weighted by atomic mass is 35.5. The van der Waals surface area contributed by atoms with Gasteiger partial charge in [0.2, 0.25) is 5.88 Å². The summed E-state index contributed by atoms with van der Waals surface area (Å²) in [5.41, 5.74) is 4.37. The third-order valence-corrected chi connectivity index (χ3v) is 6.72. The molecule has 164 valence electrons. The van der Waals surface area contributed by atoms with Gasteiger partial charge in [0.15, 0.2) is 0 Å². The Kier molecular flexibility index (Phi) is 5.58. The van der Waals surface area contributed by atoms with Gasteiger partial charge in [-0.1, -0.05) is 35.9 Å². The summed E-state index contributed by atoms with van der Waals surface area (Å²) >= 11 is 7.15. The molecule has 0 aliphatic carbocycles. The van der Waals surface area contributed by atoms with Gasteiger partial charge in [0.05, 0.1) is 9.21 Å². The second-order valence-electron chi connectivity index (χ2n) is 7.63. The first-order valence-corrected chi connectivity index (χ1v) is 11.4. The Morgan fingerprint density at radius 3 is 2.70 bits per heavy atom. The normalized spacial score (nSPS) is 12.6. The zero-order valence-electron chi connectivity index (χ0n) is 17.3. The van der Waals surface area contributed by atoms with Crippen molar-refractivity contribution < 1.29 is 14.7 Å². The van der Waals surface area contributed by atoms with Crippen LogP contribution < -0.4 is 5.32 Å². The minimum atomic E-state index is -0.254. The summed E-state index contributed by atoms with van der Waals surface area (Å²) in [6.45, 7) is 0.786. The number of fused-ring (bicyclic) bond motifs is 1. The Hall–Kier alpha value is -3.68. The molecule has 1 aliphatic heterocycles. The quantitative estimate of drug-likeness (QED) is 0.395. The fourth-order valence-corrected chi connectivity index (χ4v) is 4.87. The van der Waals surface area contributed by atoms with Crippen LogP contribution in [0.25, 0.3) is 11.1 Å². The van der Waals surface area contributed by atoms with Crippen molar-refractivity contribution in [2.24, 2.45) is 0 Å². The molecule has 2 N–H and O–H groups in total. The summed E-state index contributed by atoms with van der Waals surface area (Å²) < 4.78 is 0.543. The predicted molar refractivity (Wildman–Crippen MR) is 129 cm³/mol. The minimum Gasteiger partial charge on any atom is -0.493 e. The third-order valence-electron chi connectivity index (χ3n) is 5.49. The van der Waals surface area contributed by atoms with Crippen molar-refractivity contribution in [3.63, 3.8) is 0 Å². The Bertz CT molecular complexity index is 1380. The topological polar surface area (TPSA) is 82.5 Å². The SMILES string of the molecule is O=C(Nc1cccc2c1CN(Cc1cccc(-c3cccnc3O)c1)C2=O)c1ccc(Cl)s1. The van der Waals surface area contributed by atoms with E-state index in [0.717, 1.165) is 16.7 Å². The van der Waals surface area contributed by atoms with Crippen molar-refractivity contribution in [3.05, 3.63) is 98.8 Å². The molecule has 33 heavy (non-hydrogen) atoms. The predicted octanol–water partition coefficient (Wildman–Crippen LogP) is 5.58. The number of pyridine rings is 1. The number of nitrogens with one attached hydrogen (secondary N) is 1. The Morgan fingerprint density at radius 2 is 1.91 bits per heavy atom. The van der Waals surface area contributed by atoms with Crippen LogP contribution in [0, 0.1) is 0 Å². The molecule has 2 aromatic heterocycles. The van der Waals surface area contributed by atoms with E-state index >= 15 is 0 Å². The summed E-state index contributed by atoms with van der Waals surface area (Å²) in [5, 5.41) is 13.0. The summed E-state index contributed by atoms with van der Waals surface area (Å²) in [7, 11) is 0. The zero-order chi connectivity index (χ0) is 22.9. The smallest absolute Gasteiger partial charge is 0.265 e. The lowest BCUT2D eigenvalue weighted by Gasteiger charge is -2.17. The van der Waals surface area contributed by atoms with E-state index in [-0.39, 0.29) is 17.7 Å². The molecule has 2 amide bonds. The molecule has 0 bridgehead atoms. The molecular formula is C25H18ClN3O3S. The maximum absolute atomic E-state index is 13.1. The first-order valence-electron chi connectivity index (χ1n) is 10.2. The van der Waals surface area contributed by atoms with Crippen LogP contribution in [0.4, 0.5) is 5.69 Å². The van der Waals surface area contributed by atoms with Gasteiger partial charge in [-0.15, -0.1) is 11.3 Å². The van der Waals surface area contributed by atoms with Gasteiger partial charge in [0.1, 0.15) is 0 Å². The average molecular weight is 476 g/mol. The highest BCUT2D eigenvalue weighted by Crippen LogP contribution is 2.33. The van der Waals surface area contributed by atoms with Crippen LogP contribution in [0.3, 0.4) is 0 Å². The first-order chi connectivity index (χ1) is 16.0. The number of hydrogen-bond acceptors (Lipinski definition) is 5. The van der Waals surface area contributed by atoms with E-state index < -0.39 is 0 Å². The number of anilines is 1. The average Bonchev–Trinajstić information content (AvgIpc) is 3.39. The van der Waals surface area contributed by atoms with Gasteiger partial charge in [-0.25, -0.2) is 4.98 Å². The largest absolute Gasteiger partial charge is 0.493 e. The molecule has 2 aromatic carbocycles. The molecule has 1 aliphatic rings. The highest BCUT2D eigenvalue weighted by Gasteiger charge is 2.30. The van der Waals surface area contributed by atoms with Gasteiger partial charge in [-0.3, -0.25) is 9.59 Å². The molecule has 5 rings (SSSR count). The van der Waals surface area contributed by atoms with Crippen molar-refractivity contribution in [3.8, 4) is 17.0 Å². The number of carbonyl (C=O) groups excluding carboxylic acids is 2. The molecule has 8 heteroatoms. The molecule has 6 nitrogen and oxygen atoms in total. The monoisotopic (exact) mass is 475 g/mol. The number of halogens is 1. The van der Waals surface area contributed by atoms with E-state index in [2.05, 4.69) is 10.3 Å². The van der Waals surface area contributed by atoms with Crippen molar-refractivity contribution in [1.82, 2.24) is 9.88 Å². The van der Waals surface area contributed by atoms with Crippen molar-refractivity contribution in [2.45, 2.75) is 13.1 Å². The number of rotatable bonds is 5. The van der Waals surface area contributed by atoms with E-state index in [1.807, 2.05) is 24.3 Å². The van der Waals surface area contributed by atoms with Gasteiger partial charge in [-0.05, 0) is 53.6 Å². The van der Waals surface area contributed by atoms with E-state index in [4.69, 9.17) is 11.6 Å². The van der Waals surface area contributed by atoms with Gasteiger partial charge in [0, 0.05) is 41.7 Å². The summed E-state index contributed by atoms with van der Waals surface area (Å²) in [6, 6.07) is 19.9. The van der Waals surface area contributed by atoms with Crippen LogP contribution >= 0.6 is 22.9 Å². The molecule has 0 fully saturated rings. The standard InChI is InChI=1S/C25H18ClN3O3S/c26-22-10-9-21(33-22)24(31)28-20-8-2-6-18-19(20)14-29(25(18)32)13-15-4-1-5-16(12-15)17-7-3-11-27-23(17)30/h1-12H,13-14H2,(H,27,30)(H,28,31). The fraction of sp³-hybridized carbons (Fsp3) is 0.0800. The summed E-state index contributed by atoms with van der Waals surface area (Å²) in [6.07, 6.45) is 1.53. The number of hydrogen-bond donors (Lipinski definition) is 2. The van der Waals surface area contributed by atoms with Crippen LogP contribution in [0.2, 0.25) is 4.34 Å². The van der Waals surface area contributed by atoms with Gasteiger partial charge in [-0.2, -0.15) is 0 Å². The van der Waals surface area contributed by atoms with Crippen molar-refractivity contribution >= 4 is 40.4 Å². The third kappa shape index (κ3) is 4.20. The maximum atomic E-state index is 13.1. The highest BCUT2D eigenvalue weighted by molar-refractivity contribution is 7.18. The molecule has 0 saturated heterocycles. The molecular weight excluding hydrogens is 458 g/mol. The number of benzene rings is 2. The van der Waals surface area contributed by atoms with Crippen molar-refractivity contribution in [1.29, 1.82) is 0 Å². The minimum absolute atomic E-state index is 0.0354. The number of aromatic nitrogens is 1. The van der Waals surface area contributed by atoms with Gasteiger partial charge < -0.3 is 15.3 Å². The molecule has 0 atom stereocenters. The Labute approximate surface area is 199 Å². The zero-order valence-corrected chi connectivity index (χ0v) is 18.9. The Balaban J connectivity index is 1.37. The second kappa shape index (κ2) is 8.69. The molecule has 3 heterocycles. The van der Waals surface area contributed by atoms with Crippen LogP contribution in [-0.4, -0.2) is 26.8 Å². The molecule has 4 aromatic rings. The lowest BCUT2D eigenvalue weighted by atomic mass is 10.0. The van der Waals surface area contributed by atoms with Crippen LogP contribution in [0.5, 0.6) is 5.88 Å². The molecule has 0 radical (unpaired) electrons. The number of carbonyl (C=O) groups is 2. The van der Waals surface area contributed by atoms with Crippen LogP contribution in [-0.2, 0) is 13.1 Å².